The number of hydrogen-bond acceptors (Lipinski definition) is 3. The van der Waals surface area contributed by atoms with Gasteiger partial charge in [-0.3, -0.25) is 0 Å². The van der Waals surface area contributed by atoms with Gasteiger partial charge in [-0.2, -0.15) is 0 Å². The molecule has 1 aromatic rings. The number of aryl methyl sites for hydroxylation is 2. The van der Waals surface area contributed by atoms with Crippen LogP contribution < -0.4 is 4.90 Å². The summed E-state index contributed by atoms with van der Waals surface area (Å²) in [6, 6.07) is 0. The Balaban J connectivity index is 1.82. The third-order valence-corrected chi connectivity index (χ3v) is 5.67. The second-order valence-corrected chi connectivity index (χ2v) is 6.40. The molecule has 0 N–H and O–H groups in total. The number of fused-ring (bicyclic) bond motifs is 1. The second-order valence-electron chi connectivity index (χ2n) is 4.17. The number of rotatable bonds is 1. The zero-order valence-corrected chi connectivity index (χ0v) is 10.6. The molecule has 1 aromatic heterocycles. The molecule has 1 aliphatic heterocycles. The molecular formula is C11H16N2OSe. The molecule has 1 saturated heterocycles. The van der Waals surface area contributed by atoms with Crippen molar-refractivity contribution in [1.82, 2.24) is 4.98 Å². The van der Waals surface area contributed by atoms with Crippen molar-refractivity contribution in [1.29, 1.82) is 0 Å². The normalized spacial score (nSPS) is 21.5. The SMILES string of the molecule is C1CCc2[se]c(N3CCOCC3)nc2C1. The molecule has 3 rings (SSSR count). The van der Waals surface area contributed by atoms with Crippen LogP contribution in [0.15, 0.2) is 0 Å². The molecule has 0 spiro atoms. The summed E-state index contributed by atoms with van der Waals surface area (Å²) in [6.07, 6.45) is 5.26. The molecule has 1 aliphatic carbocycles. The Morgan fingerprint density at radius 1 is 1.13 bits per heavy atom. The van der Waals surface area contributed by atoms with Gasteiger partial charge in [0.15, 0.2) is 0 Å². The van der Waals surface area contributed by atoms with E-state index in [2.05, 4.69) is 4.90 Å². The summed E-state index contributed by atoms with van der Waals surface area (Å²) in [5.41, 5.74) is 1.43. The number of ether oxygens (including phenoxy) is 1. The Hall–Kier alpha value is -0.311. The molecule has 0 bridgehead atoms. The predicted molar refractivity (Wildman–Crippen MR) is 60.9 cm³/mol. The summed E-state index contributed by atoms with van der Waals surface area (Å²) in [4.78, 5) is 7.26. The molecule has 2 heterocycles. The van der Waals surface area contributed by atoms with Crippen LogP contribution in [-0.2, 0) is 17.6 Å². The molecule has 4 heteroatoms. The molecule has 0 amide bonds. The fraction of sp³-hybridized carbons (Fsp3) is 0.727. The summed E-state index contributed by atoms with van der Waals surface area (Å²) in [5, 5.41) is 0. The molecule has 0 saturated carbocycles. The zero-order valence-electron chi connectivity index (χ0n) is 8.87. The fourth-order valence-corrected chi connectivity index (χ4v) is 4.75. The van der Waals surface area contributed by atoms with E-state index in [1.807, 2.05) is 0 Å². The Labute approximate surface area is 96.2 Å². The maximum absolute atomic E-state index is 5.37. The summed E-state index contributed by atoms with van der Waals surface area (Å²) in [5.74, 6) is 0. The van der Waals surface area contributed by atoms with Crippen LogP contribution in [0.5, 0.6) is 0 Å². The number of anilines is 1. The zero-order chi connectivity index (χ0) is 10.1. The quantitative estimate of drug-likeness (QED) is 0.708. The minimum absolute atomic E-state index is 0.535. The van der Waals surface area contributed by atoms with E-state index >= 15 is 0 Å². The molecule has 82 valence electrons. The van der Waals surface area contributed by atoms with Gasteiger partial charge in [-0.25, -0.2) is 0 Å². The third kappa shape index (κ3) is 1.99. The molecule has 15 heavy (non-hydrogen) atoms. The Kier molecular flexibility index (Phi) is 2.82. The van der Waals surface area contributed by atoms with Gasteiger partial charge in [-0.15, -0.1) is 0 Å². The first-order valence-corrected chi connectivity index (χ1v) is 7.46. The van der Waals surface area contributed by atoms with Crippen LogP contribution in [0.2, 0.25) is 0 Å². The van der Waals surface area contributed by atoms with Crippen molar-refractivity contribution in [2.75, 3.05) is 31.2 Å². The fourth-order valence-electron chi connectivity index (χ4n) is 2.23. The topological polar surface area (TPSA) is 25.4 Å². The predicted octanol–water partition coefficient (Wildman–Crippen LogP) is 0.854. The van der Waals surface area contributed by atoms with Crippen LogP contribution in [0.1, 0.15) is 23.0 Å². The maximum atomic E-state index is 5.37. The van der Waals surface area contributed by atoms with Crippen LogP contribution >= 0.6 is 0 Å². The first kappa shape index (κ1) is 9.88. The molecule has 0 aromatic carbocycles. The molecule has 0 radical (unpaired) electrons. The summed E-state index contributed by atoms with van der Waals surface area (Å²) in [7, 11) is 0. The Morgan fingerprint density at radius 3 is 2.73 bits per heavy atom. The first-order valence-electron chi connectivity index (χ1n) is 5.75. The number of nitrogens with zero attached hydrogens (tertiary/aromatic N) is 2. The van der Waals surface area contributed by atoms with E-state index in [-0.39, 0.29) is 0 Å². The number of morpholine rings is 1. The van der Waals surface area contributed by atoms with E-state index < -0.39 is 0 Å². The van der Waals surface area contributed by atoms with Gasteiger partial charge in [0.05, 0.1) is 0 Å². The average Bonchev–Trinajstić information content (AvgIpc) is 2.74. The summed E-state index contributed by atoms with van der Waals surface area (Å²) in [6.45, 7) is 3.84. The van der Waals surface area contributed by atoms with Gasteiger partial charge in [0.1, 0.15) is 0 Å². The molecule has 0 unspecified atom stereocenters. The van der Waals surface area contributed by atoms with Crippen LogP contribution in [0.25, 0.3) is 0 Å². The van der Waals surface area contributed by atoms with Gasteiger partial charge in [-0.1, -0.05) is 0 Å². The van der Waals surface area contributed by atoms with Gasteiger partial charge >= 0.3 is 95.9 Å². The van der Waals surface area contributed by atoms with Gasteiger partial charge in [0.2, 0.25) is 0 Å². The standard InChI is InChI=1S/C11H16N2OSe/c1-2-4-10-9(3-1)12-11(15-10)13-5-7-14-8-6-13/h1-8H2. The van der Waals surface area contributed by atoms with Crippen molar-refractivity contribution in [2.24, 2.45) is 0 Å². The first-order chi connectivity index (χ1) is 7.43. The molecule has 2 aliphatic rings. The molecule has 1 fully saturated rings. The number of hydrogen-bond donors (Lipinski definition) is 0. The van der Waals surface area contributed by atoms with Crippen molar-refractivity contribution in [2.45, 2.75) is 25.7 Å². The van der Waals surface area contributed by atoms with Crippen LogP contribution in [0.3, 0.4) is 0 Å². The van der Waals surface area contributed by atoms with Crippen molar-refractivity contribution in [3.05, 3.63) is 10.1 Å². The Bertz CT molecular complexity index is 321. The third-order valence-electron chi connectivity index (χ3n) is 3.12. The number of aromatic nitrogens is 1. The van der Waals surface area contributed by atoms with Crippen LogP contribution in [-0.4, -0.2) is 45.8 Å². The van der Waals surface area contributed by atoms with Crippen molar-refractivity contribution < 1.29 is 4.74 Å². The van der Waals surface area contributed by atoms with Crippen molar-refractivity contribution >= 4 is 19.2 Å². The van der Waals surface area contributed by atoms with Crippen LogP contribution in [0, 0.1) is 0 Å². The molecule has 3 nitrogen and oxygen atoms in total. The van der Waals surface area contributed by atoms with Gasteiger partial charge < -0.3 is 0 Å². The average molecular weight is 271 g/mol. The Morgan fingerprint density at radius 2 is 1.93 bits per heavy atom. The minimum atomic E-state index is 0.535. The monoisotopic (exact) mass is 272 g/mol. The molecular weight excluding hydrogens is 255 g/mol. The van der Waals surface area contributed by atoms with Gasteiger partial charge in [0.25, 0.3) is 0 Å². The molecule has 0 atom stereocenters. The van der Waals surface area contributed by atoms with Gasteiger partial charge in [-0.05, 0) is 0 Å². The van der Waals surface area contributed by atoms with Crippen molar-refractivity contribution in [3.8, 4) is 0 Å². The van der Waals surface area contributed by atoms with E-state index in [4.69, 9.17) is 9.72 Å². The van der Waals surface area contributed by atoms with E-state index in [9.17, 15) is 0 Å². The van der Waals surface area contributed by atoms with E-state index in [1.54, 1.807) is 4.44 Å². The summed E-state index contributed by atoms with van der Waals surface area (Å²) < 4.78 is 8.42. The van der Waals surface area contributed by atoms with E-state index in [1.165, 1.54) is 36.1 Å². The van der Waals surface area contributed by atoms with Crippen molar-refractivity contribution in [3.63, 3.8) is 0 Å². The van der Waals surface area contributed by atoms with E-state index in [0.29, 0.717) is 14.5 Å². The summed E-state index contributed by atoms with van der Waals surface area (Å²) >= 11 is 0.535. The van der Waals surface area contributed by atoms with E-state index in [0.717, 1.165) is 26.3 Å². The van der Waals surface area contributed by atoms with Gasteiger partial charge in [0, 0.05) is 0 Å². The second kappa shape index (κ2) is 4.28. The van der Waals surface area contributed by atoms with Crippen LogP contribution in [0.4, 0.5) is 4.69 Å².